The van der Waals surface area contributed by atoms with Crippen LogP contribution in [0.2, 0.25) is 0 Å². The number of aromatic hydroxyl groups is 1. The molecule has 0 radical (unpaired) electrons. The van der Waals surface area contributed by atoms with Crippen LogP contribution in [0.3, 0.4) is 0 Å². The van der Waals surface area contributed by atoms with E-state index in [1.54, 1.807) is 0 Å². The molecule has 4 heteroatoms. The standard InChI is InChI=1S/C12H17I2NO/c1-7(2)3-4-11(15)9-5-8(13)6-10(14)12(9)16/h5-7,11,16H,3-4,15H2,1-2H3/t11-/m1/s1. The summed E-state index contributed by atoms with van der Waals surface area (Å²) in [7, 11) is 0. The van der Waals surface area contributed by atoms with E-state index in [0.717, 1.165) is 25.5 Å². The molecule has 0 aromatic heterocycles. The fourth-order valence-electron chi connectivity index (χ4n) is 1.54. The van der Waals surface area contributed by atoms with Crippen molar-refractivity contribution in [2.24, 2.45) is 11.7 Å². The minimum atomic E-state index is -0.0642. The summed E-state index contributed by atoms with van der Waals surface area (Å²) < 4.78 is 1.99. The van der Waals surface area contributed by atoms with Crippen molar-refractivity contribution in [2.45, 2.75) is 32.7 Å². The van der Waals surface area contributed by atoms with E-state index in [4.69, 9.17) is 5.73 Å². The Morgan fingerprint density at radius 1 is 1.25 bits per heavy atom. The van der Waals surface area contributed by atoms with E-state index >= 15 is 0 Å². The van der Waals surface area contributed by atoms with Gasteiger partial charge < -0.3 is 10.8 Å². The van der Waals surface area contributed by atoms with Crippen molar-refractivity contribution in [1.29, 1.82) is 0 Å². The normalized spacial score (nSPS) is 13.1. The van der Waals surface area contributed by atoms with Gasteiger partial charge in [0.1, 0.15) is 5.75 Å². The second-order valence-corrected chi connectivity index (χ2v) is 6.81. The van der Waals surface area contributed by atoms with Gasteiger partial charge in [-0.3, -0.25) is 0 Å². The zero-order valence-electron chi connectivity index (χ0n) is 9.50. The van der Waals surface area contributed by atoms with Crippen LogP contribution in [-0.4, -0.2) is 5.11 Å². The Labute approximate surface area is 124 Å². The summed E-state index contributed by atoms with van der Waals surface area (Å²) in [5, 5.41) is 9.97. The van der Waals surface area contributed by atoms with Crippen LogP contribution in [0, 0.1) is 13.1 Å². The number of halogens is 2. The number of phenolic OH excluding ortho intramolecular Hbond substituents is 1. The van der Waals surface area contributed by atoms with Crippen molar-refractivity contribution in [3.05, 3.63) is 24.8 Å². The van der Waals surface area contributed by atoms with Crippen LogP contribution in [0.4, 0.5) is 0 Å². The van der Waals surface area contributed by atoms with Gasteiger partial charge >= 0.3 is 0 Å². The van der Waals surface area contributed by atoms with Gasteiger partial charge in [-0.05, 0) is 76.1 Å². The molecule has 0 aliphatic carbocycles. The molecule has 16 heavy (non-hydrogen) atoms. The topological polar surface area (TPSA) is 46.2 Å². The van der Waals surface area contributed by atoms with Crippen LogP contribution in [-0.2, 0) is 0 Å². The summed E-state index contributed by atoms with van der Waals surface area (Å²) in [6, 6.07) is 3.86. The van der Waals surface area contributed by atoms with E-state index in [-0.39, 0.29) is 6.04 Å². The Hall–Kier alpha value is 0.440. The highest BCUT2D eigenvalue weighted by Crippen LogP contribution is 2.32. The predicted molar refractivity (Wildman–Crippen MR) is 84.5 cm³/mol. The Morgan fingerprint density at radius 2 is 1.88 bits per heavy atom. The van der Waals surface area contributed by atoms with Crippen LogP contribution < -0.4 is 5.73 Å². The molecule has 0 heterocycles. The van der Waals surface area contributed by atoms with Crippen molar-refractivity contribution in [3.8, 4) is 5.75 Å². The lowest BCUT2D eigenvalue weighted by Gasteiger charge is -2.16. The summed E-state index contributed by atoms with van der Waals surface area (Å²) >= 11 is 4.39. The predicted octanol–water partition coefficient (Wildman–Crippen LogP) is 4.04. The summed E-state index contributed by atoms with van der Waals surface area (Å²) in [5.41, 5.74) is 6.99. The Balaban J connectivity index is 2.86. The highest BCUT2D eigenvalue weighted by atomic mass is 127. The lowest BCUT2D eigenvalue weighted by atomic mass is 9.98. The first-order valence-corrected chi connectivity index (χ1v) is 7.51. The second kappa shape index (κ2) is 6.39. The van der Waals surface area contributed by atoms with Crippen LogP contribution in [0.1, 0.15) is 38.3 Å². The quantitative estimate of drug-likeness (QED) is 0.688. The van der Waals surface area contributed by atoms with Gasteiger partial charge in [-0.1, -0.05) is 13.8 Å². The molecule has 0 saturated heterocycles. The molecule has 0 saturated carbocycles. The summed E-state index contributed by atoms with van der Waals surface area (Å²) in [5.74, 6) is 0.993. The molecule has 0 unspecified atom stereocenters. The lowest BCUT2D eigenvalue weighted by Crippen LogP contribution is -2.12. The van der Waals surface area contributed by atoms with Gasteiger partial charge in [-0.25, -0.2) is 0 Å². The monoisotopic (exact) mass is 445 g/mol. The molecule has 0 amide bonds. The van der Waals surface area contributed by atoms with Gasteiger partial charge in [0, 0.05) is 15.2 Å². The van der Waals surface area contributed by atoms with Gasteiger partial charge in [0.2, 0.25) is 0 Å². The van der Waals surface area contributed by atoms with Crippen molar-refractivity contribution < 1.29 is 5.11 Å². The van der Waals surface area contributed by atoms with Gasteiger partial charge in [-0.2, -0.15) is 0 Å². The van der Waals surface area contributed by atoms with Crippen LogP contribution >= 0.6 is 45.2 Å². The Bertz CT molecular complexity index is 366. The molecule has 3 N–H and O–H groups in total. The van der Waals surface area contributed by atoms with E-state index in [2.05, 4.69) is 59.0 Å². The summed E-state index contributed by atoms with van der Waals surface area (Å²) in [4.78, 5) is 0. The maximum absolute atomic E-state index is 9.97. The van der Waals surface area contributed by atoms with Gasteiger partial charge in [0.15, 0.2) is 0 Å². The van der Waals surface area contributed by atoms with E-state index in [1.807, 2.05) is 12.1 Å². The zero-order chi connectivity index (χ0) is 12.3. The van der Waals surface area contributed by atoms with Crippen molar-refractivity contribution in [2.75, 3.05) is 0 Å². The van der Waals surface area contributed by atoms with Crippen LogP contribution in [0.5, 0.6) is 5.75 Å². The molecule has 1 aromatic rings. The van der Waals surface area contributed by atoms with Crippen LogP contribution in [0.25, 0.3) is 0 Å². The summed E-state index contributed by atoms with van der Waals surface area (Å²) in [6.07, 6.45) is 2.00. The molecular weight excluding hydrogens is 428 g/mol. The Morgan fingerprint density at radius 3 is 2.44 bits per heavy atom. The molecule has 1 rings (SSSR count). The van der Waals surface area contributed by atoms with E-state index in [9.17, 15) is 5.11 Å². The number of phenols is 1. The molecule has 0 aliphatic rings. The minimum Gasteiger partial charge on any atom is -0.506 e. The van der Waals surface area contributed by atoms with Gasteiger partial charge in [0.25, 0.3) is 0 Å². The molecule has 0 aliphatic heterocycles. The van der Waals surface area contributed by atoms with E-state index in [1.165, 1.54) is 0 Å². The first-order chi connectivity index (χ1) is 7.41. The molecular formula is C12H17I2NO. The summed E-state index contributed by atoms with van der Waals surface area (Å²) in [6.45, 7) is 4.37. The molecule has 1 atom stereocenters. The molecule has 1 aromatic carbocycles. The average Bonchev–Trinajstić information content (AvgIpc) is 2.19. The zero-order valence-corrected chi connectivity index (χ0v) is 13.8. The molecule has 90 valence electrons. The van der Waals surface area contributed by atoms with Crippen molar-refractivity contribution >= 4 is 45.2 Å². The van der Waals surface area contributed by atoms with Gasteiger partial charge in [-0.15, -0.1) is 0 Å². The smallest absolute Gasteiger partial charge is 0.133 e. The number of rotatable bonds is 4. The maximum atomic E-state index is 9.97. The highest BCUT2D eigenvalue weighted by Gasteiger charge is 2.14. The SMILES string of the molecule is CC(C)CC[C@@H](N)c1cc(I)cc(I)c1O. The minimum absolute atomic E-state index is 0.0642. The van der Waals surface area contributed by atoms with Crippen molar-refractivity contribution in [1.82, 2.24) is 0 Å². The first-order valence-electron chi connectivity index (χ1n) is 5.35. The maximum Gasteiger partial charge on any atom is 0.133 e. The highest BCUT2D eigenvalue weighted by molar-refractivity contribution is 14.1. The third kappa shape index (κ3) is 4.03. The second-order valence-electron chi connectivity index (χ2n) is 4.40. The lowest BCUT2D eigenvalue weighted by molar-refractivity contribution is 0.445. The third-order valence-electron chi connectivity index (χ3n) is 2.51. The average molecular weight is 445 g/mol. The number of benzene rings is 1. The molecule has 0 spiro atoms. The number of hydrogen-bond acceptors (Lipinski definition) is 2. The number of nitrogens with two attached hydrogens (primary N) is 1. The molecule has 0 fully saturated rings. The van der Waals surface area contributed by atoms with E-state index in [0.29, 0.717) is 11.7 Å². The number of hydrogen-bond donors (Lipinski definition) is 2. The fraction of sp³-hybridized carbons (Fsp3) is 0.500. The molecule has 2 nitrogen and oxygen atoms in total. The van der Waals surface area contributed by atoms with Crippen molar-refractivity contribution in [3.63, 3.8) is 0 Å². The van der Waals surface area contributed by atoms with Gasteiger partial charge in [0.05, 0.1) is 3.57 Å². The Kier molecular flexibility index (Phi) is 5.79. The fourth-order valence-corrected chi connectivity index (χ4v) is 3.43. The van der Waals surface area contributed by atoms with E-state index < -0.39 is 0 Å². The molecule has 0 bridgehead atoms. The third-order valence-corrected chi connectivity index (χ3v) is 3.96. The first kappa shape index (κ1) is 14.5. The largest absolute Gasteiger partial charge is 0.506 e. The van der Waals surface area contributed by atoms with Crippen LogP contribution in [0.15, 0.2) is 12.1 Å².